The summed E-state index contributed by atoms with van der Waals surface area (Å²) in [6.07, 6.45) is 2.19. The van der Waals surface area contributed by atoms with Crippen molar-refractivity contribution in [2.45, 2.75) is 25.5 Å². The van der Waals surface area contributed by atoms with Crippen molar-refractivity contribution in [1.82, 2.24) is 15.1 Å². The molecule has 1 N–H and O–H groups in total. The van der Waals surface area contributed by atoms with Crippen LogP contribution in [-0.4, -0.2) is 34.9 Å². The lowest BCUT2D eigenvalue weighted by Crippen LogP contribution is -2.34. The SMILES string of the molecule is O=C(Cn1nc(-c2ccccc2)c2cc(Cl)ccc21)NC[C@@H]1CCCO1. The summed E-state index contributed by atoms with van der Waals surface area (Å²) in [5.74, 6) is -0.0699. The van der Waals surface area contributed by atoms with Crippen LogP contribution in [0.5, 0.6) is 0 Å². The first kappa shape index (κ1) is 17.1. The molecule has 1 aliphatic rings. The van der Waals surface area contributed by atoms with Crippen molar-refractivity contribution in [2.75, 3.05) is 13.2 Å². The van der Waals surface area contributed by atoms with Gasteiger partial charge in [0.1, 0.15) is 12.2 Å². The van der Waals surface area contributed by atoms with Gasteiger partial charge in [-0.15, -0.1) is 0 Å². The molecule has 1 aliphatic heterocycles. The highest BCUT2D eigenvalue weighted by molar-refractivity contribution is 6.31. The van der Waals surface area contributed by atoms with Crippen LogP contribution in [0.25, 0.3) is 22.2 Å². The second-order valence-corrected chi connectivity index (χ2v) is 6.91. The molecule has 2 heterocycles. The highest BCUT2D eigenvalue weighted by atomic mass is 35.5. The lowest BCUT2D eigenvalue weighted by atomic mass is 10.1. The average Bonchev–Trinajstić information content (AvgIpc) is 3.29. The first-order valence-electron chi connectivity index (χ1n) is 8.80. The van der Waals surface area contributed by atoms with Crippen LogP contribution in [-0.2, 0) is 16.1 Å². The fourth-order valence-electron chi connectivity index (χ4n) is 3.31. The largest absolute Gasteiger partial charge is 0.376 e. The molecule has 3 aromatic rings. The molecule has 6 heteroatoms. The third-order valence-corrected chi connectivity index (χ3v) is 4.84. The number of hydrogen-bond acceptors (Lipinski definition) is 3. The Labute approximate surface area is 156 Å². The topological polar surface area (TPSA) is 56.2 Å². The molecule has 1 atom stereocenters. The van der Waals surface area contributed by atoms with E-state index in [9.17, 15) is 4.79 Å². The van der Waals surface area contributed by atoms with E-state index in [4.69, 9.17) is 16.3 Å². The summed E-state index contributed by atoms with van der Waals surface area (Å²) < 4.78 is 7.28. The van der Waals surface area contributed by atoms with Gasteiger partial charge in [0.2, 0.25) is 5.91 Å². The van der Waals surface area contributed by atoms with Crippen molar-refractivity contribution in [3.8, 4) is 11.3 Å². The molecular weight excluding hydrogens is 350 g/mol. The van der Waals surface area contributed by atoms with Gasteiger partial charge in [0.05, 0.1) is 11.6 Å². The van der Waals surface area contributed by atoms with Crippen molar-refractivity contribution < 1.29 is 9.53 Å². The molecule has 0 aliphatic carbocycles. The summed E-state index contributed by atoms with van der Waals surface area (Å²) in [6, 6.07) is 15.5. The third kappa shape index (κ3) is 3.59. The fourth-order valence-corrected chi connectivity index (χ4v) is 3.48. The van der Waals surface area contributed by atoms with E-state index < -0.39 is 0 Å². The molecule has 1 saturated heterocycles. The number of fused-ring (bicyclic) bond motifs is 1. The smallest absolute Gasteiger partial charge is 0.241 e. The van der Waals surface area contributed by atoms with Gasteiger partial charge in [0.25, 0.3) is 0 Å². The Bertz CT molecular complexity index is 917. The molecule has 0 spiro atoms. The van der Waals surface area contributed by atoms with Gasteiger partial charge in [-0.1, -0.05) is 41.9 Å². The van der Waals surface area contributed by atoms with E-state index in [-0.39, 0.29) is 18.6 Å². The summed E-state index contributed by atoms with van der Waals surface area (Å²) in [4.78, 5) is 12.4. The molecule has 26 heavy (non-hydrogen) atoms. The van der Waals surface area contributed by atoms with Gasteiger partial charge in [-0.25, -0.2) is 0 Å². The monoisotopic (exact) mass is 369 g/mol. The fraction of sp³-hybridized carbons (Fsp3) is 0.300. The lowest BCUT2D eigenvalue weighted by Gasteiger charge is -2.11. The number of ether oxygens (including phenoxy) is 1. The number of carbonyl (C=O) groups is 1. The van der Waals surface area contributed by atoms with Crippen LogP contribution in [0.15, 0.2) is 48.5 Å². The van der Waals surface area contributed by atoms with E-state index in [1.165, 1.54) is 0 Å². The zero-order valence-electron chi connectivity index (χ0n) is 14.3. The molecule has 2 aromatic carbocycles. The molecule has 0 saturated carbocycles. The van der Waals surface area contributed by atoms with Crippen LogP contribution in [0, 0.1) is 0 Å². The Kier molecular flexibility index (Phi) is 4.91. The zero-order chi connectivity index (χ0) is 17.9. The van der Waals surface area contributed by atoms with Gasteiger partial charge in [0, 0.05) is 29.1 Å². The van der Waals surface area contributed by atoms with Crippen molar-refractivity contribution in [1.29, 1.82) is 0 Å². The number of carbonyl (C=O) groups excluding carboxylic acids is 1. The van der Waals surface area contributed by atoms with Crippen LogP contribution in [0.3, 0.4) is 0 Å². The highest BCUT2D eigenvalue weighted by Gasteiger charge is 2.18. The second-order valence-electron chi connectivity index (χ2n) is 6.47. The third-order valence-electron chi connectivity index (χ3n) is 4.60. The molecule has 0 unspecified atom stereocenters. The predicted octanol–water partition coefficient (Wildman–Crippen LogP) is 3.65. The summed E-state index contributed by atoms with van der Waals surface area (Å²) in [6.45, 7) is 1.50. The minimum Gasteiger partial charge on any atom is -0.376 e. The number of hydrogen-bond donors (Lipinski definition) is 1. The Hall–Kier alpha value is -2.37. The van der Waals surface area contributed by atoms with Crippen molar-refractivity contribution >= 4 is 28.4 Å². The van der Waals surface area contributed by atoms with Gasteiger partial charge in [-0.05, 0) is 31.0 Å². The maximum absolute atomic E-state index is 12.4. The predicted molar refractivity (Wildman–Crippen MR) is 102 cm³/mol. The molecule has 1 fully saturated rings. The molecular formula is C20H20ClN3O2. The normalized spacial score (nSPS) is 16.9. The molecule has 0 bridgehead atoms. The zero-order valence-corrected chi connectivity index (χ0v) is 15.1. The summed E-state index contributed by atoms with van der Waals surface area (Å²) in [7, 11) is 0. The molecule has 134 valence electrons. The van der Waals surface area contributed by atoms with Crippen LogP contribution in [0.2, 0.25) is 5.02 Å². The lowest BCUT2D eigenvalue weighted by molar-refractivity contribution is -0.122. The number of aromatic nitrogens is 2. The Morgan fingerprint density at radius 1 is 1.27 bits per heavy atom. The Balaban J connectivity index is 1.59. The van der Waals surface area contributed by atoms with E-state index >= 15 is 0 Å². The number of rotatable bonds is 5. The summed E-state index contributed by atoms with van der Waals surface area (Å²) in [5, 5.41) is 9.22. The second kappa shape index (κ2) is 7.48. The quantitative estimate of drug-likeness (QED) is 0.746. The standard InChI is InChI=1S/C20H20ClN3O2/c21-15-8-9-18-17(11-15)20(14-5-2-1-3-6-14)23-24(18)13-19(25)22-12-16-7-4-10-26-16/h1-3,5-6,8-9,11,16H,4,7,10,12-13H2,(H,22,25)/t16-/m0/s1. The molecule has 0 radical (unpaired) electrons. The minimum absolute atomic E-state index is 0.0699. The number of nitrogens with zero attached hydrogens (tertiary/aromatic N) is 2. The number of halogens is 1. The Morgan fingerprint density at radius 2 is 2.12 bits per heavy atom. The van der Waals surface area contributed by atoms with Crippen LogP contribution in [0.1, 0.15) is 12.8 Å². The first-order chi connectivity index (χ1) is 12.7. The van der Waals surface area contributed by atoms with Gasteiger partial charge >= 0.3 is 0 Å². The van der Waals surface area contributed by atoms with Gasteiger partial charge < -0.3 is 10.1 Å². The molecule has 4 rings (SSSR count). The van der Waals surface area contributed by atoms with Crippen molar-refractivity contribution in [3.63, 3.8) is 0 Å². The van der Waals surface area contributed by atoms with Gasteiger partial charge in [-0.2, -0.15) is 5.10 Å². The van der Waals surface area contributed by atoms with Crippen LogP contribution in [0.4, 0.5) is 0 Å². The van der Waals surface area contributed by atoms with Crippen LogP contribution >= 0.6 is 11.6 Å². The molecule has 1 aromatic heterocycles. The number of nitrogens with one attached hydrogen (secondary N) is 1. The number of benzene rings is 2. The maximum atomic E-state index is 12.4. The van der Waals surface area contributed by atoms with Crippen molar-refractivity contribution in [3.05, 3.63) is 53.6 Å². The summed E-state index contributed by atoms with van der Waals surface area (Å²) >= 11 is 6.19. The highest BCUT2D eigenvalue weighted by Crippen LogP contribution is 2.30. The first-order valence-corrected chi connectivity index (χ1v) is 9.18. The maximum Gasteiger partial charge on any atom is 0.241 e. The average molecular weight is 370 g/mol. The van der Waals surface area contributed by atoms with E-state index in [2.05, 4.69) is 10.4 Å². The molecule has 1 amide bonds. The Morgan fingerprint density at radius 3 is 2.88 bits per heavy atom. The van der Waals surface area contributed by atoms with Crippen molar-refractivity contribution in [2.24, 2.45) is 0 Å². The van der Waals surface area contributed by atoms with E-state index in [0.29, 0.717) is 11.6 Å². The van der Waals surface area contributed by atoms with Gasteiger partial charge in [-0.3, -0.25) is 9.48 Å². The van der Waals surface area contributed by atoms with Crippen LogP contribution < -0.4 is 5.32 Å². The van der Waals surface area contributed by atoms with E-state index in [1.807, 2.05) is 48.5 Å². The molecule has 5 nitrogen and oxygen atoms in total. The van der Waals surface area contributed by atoms with E-state index in [0.717, 1.165) is 41.6 Å². The minimum atomic E-state index is -0.0699. The van der Waals surface area contributed by atoms with E-state index in [1.54, 1.807) is 4.68 Å². The number of amides is 1. The summed E-state index contributed by atoms with van der Waals surface area (Å²) in [5.41, 5.74) is 2.72. The van der Waals surface area contributed by atoms with Gasteiger partial charge in [0.15, 0.2) is 0 Å².